The Kier molecular flexibility index (Phi) is 5.16. The molecule has 0 aromatic heterocycles. The fourth-order valence-electron chi connectivity index (χ4n) is 1.70. The SMILES string of the molecule is NC(=O)COc1cccc(NCc2ccc(F)c(Br)c2)c1. The molecule has 0 spiro atoms. The van der Waals surface area contributed by atoms with Gasteiger partial charge in [-0.2, -0.15) is 0 Å². The third-order valence-corrected chi connectivity index (χ3v) is 3.30. The maximum absolute atomic E-state index is 13.1. The van der Waals surface area contributed by atoms with E-state index in [1.807, 2.05) is 6.07 Å². The summed E-state index contributed by atoms with van der Waals surface area (Å²) in [5.41, 5.74) is 6.79. The molecule has 0 heterocycles. The maximum Gasteiger partial charge on any atom is 0.255 e. The molecule has 110 valence electrons. The van der Waals surface area contributed by atoms with Crippen LogP contribution in [0.2, 0.25) is 0 Å². The van der Waals surface area contributed by atoms with E-state index >= 15 is 0 Å². The van der Waals surface area contributed by atoms with Gasteiger partial charge in [-0.1, -0.05) is 12.1 Å². The fourth-order valence-corrected chi connectivity index (χ4v) is 2.13. The van der Waals surface area contributed by atoms with Gasteiger partial charge in [-0.05, 0) is 45.8 Å². The van der Waals surface area contributed by atoms with Crippen LogP contribution in [0.3, 0.4) is 0 Å². The molecule has 0 saturated carbocycles. The molecule has 0 aliphatic heterocycles. The number of anilines is 1. The Morgan fingerprint density at radius 3 is 2.81 bits per heavy atom. The van der Waals surface area contributed by atoms with Crippen molar-refractivity contribution in [1.82, 2.24) is 0 Å². The van der Waals surface area contributed by atoms with Crippen molar-refractivity contribution in [2.45, 2.75) is 6.54 Å². The molecule has 0 saturated heterocycles. The number of nitrogens with one attached hydrogen (secondary N) is 1. The van der Waals surface area contributed by atoms with Crippen molar-refractivity contribution < 1.29 is 13.9 Å². The Morgan fingerprint density at radius 1 is 1.29 bits per heavy atom. The molecular weight excluding hydrogens is 339 g/mol. The lowest BCUT2D eigenvalue weighted by molar-refractivity contribution is -0.119. The van der Waals surface area contributed by atoms with E-state index in [1.165, 1.54) is 6.07 Å². The molecule has 4 nitrogen and oxygen atoms in total. The monoisotopic (exact) mass is 352 g/mol. The normalized spacial score (nSPS) is 10.2. The van der Waals surface area contributed by atoms with Gasteiger partial charge in [-0.3, -0.25) is 4.79 Å². The van der Waals surface area contributed by atoms with E-state index in [1.54, 1.807) is 30.3 Å². The first-order valence-electron chi connectivity index (χ1n) is 6.23. The Morgan fingerprint density at radius 2 is 2.10 bits per heavy atom. The van der Waals surface area contributed by atoms with Gasteiger partial charge in [0.05, 0.1) is 4.47 Å². The minimum absolute atomic E-state index is 0.158. The quantitative estimate of drug-likeness (QED) is 0.839. The van der Waals surface area contributed by atoms with Crippen LogP contribution >= 0.6 is 15.9 Å². The Hall–Kier alpha value is -2.08. The lowest BCUT2D eigenvalue weighted by Gasteiger charge is -2.09. The number of rotatable bonds is 6. The number of hydrogen-bond donors (Lipinski definition) is 2. The standard InChI is InChI=1S/C15H14BrFN2O2/c16-13-6-10(4-5-14(13)17)8-19-11-2-1-3-12(7-11)21-9-15(18)20/h1-7,19H,8-9H2,(H2,18,20). The van der Waals surface area contributed by atoms with Crippen LogP contribution in [0.15, 0.2) is 46.9 Å². The van der Waals surface area contributed by atoms with Gasteiger partial charge in [0.25, 0.3) is 5.91 Å². The predicted octanol–water partition coefficient (Wildman–Crippen LogP) is 3.06. The zero-order chi connectivity index (χ0) is 15.2. The van der Waals surface area contributed by atoms with Crippen LogP contribution in [0, 0.1) is 5.82 Å². The van der Waals surface area contributed by atoms with Crippen LogP contribution in [0.25, 0.3) is 0 Å². The van der Waals surface area contributed by atoms with Crippen molar-refractivity contribution in [1.29, 1.82) is 0 Å². The molecule has 21 heavy (non-hydrogen) atoms. The minimum Gasteiger partial charge on any atom is -0.484 e. The number of carbonyl (C=O) groups is 1. The highest BCUT2D eigenvalue weighted by atomic mass is 79.9. The van der Waals surface area contributed by atoms with Crippen LogP contribution in [0.4, 0.5) is 10.1 Å². The van der Waals surface area contributed by atoms with E-state index < -0.39 is 5.91 Å². The number of hydrogen-bond acceptors (Lipinski definition) is 3. The molecule has 0 aliphatic carbocycles. The van der Waals surface area contributed by atoms with Crippen LogP contribution in [-0.2, 0) is 11.3 Å². The number of carbonyl (C=O) groups excluding carboxylic acids is 1. The number of ether oxygens (including phenoxy) is 1. The van der Waals surface area contributed by atoms with E-state index in [-0.39, 0.29) is 12.4 Å². The van der Waals surface area contributed by atoms with Crippen molar-refractivity contribution >= 4 is 27.5 Å². The van der Waals surface area contributed by atoms with Crippen molar-refractivity contribution in [2.75, 3.05) is 11.9 Å². The summed E-state index contributed by atoms with van der Waals surface area (Å²) in [5.74, 6) is -0.260. The van der Waals surface area contributed by atoms with Crippen molar-refractivity contribution in [2.24, 2.45) is 5.73 Å². The van der Waals surface area contributed by atoms with E-state index in [0.717, 1.165) is 11.3 Å². The van der Waals surface area contributed by atoms with Gasteiger partial charge in [0.15, 0.2) is 6.61 Å². The molecule has 0 atom stereocenters. The summed E-state index contributed by atoms with van der Waals surface area (Å²) >= 11 is 3.15. The molecule has 2 aromatic rings. The fraction of sp³-hybridized carbons (Fsp3) is 0.133. The minimum atomic E-state index is -0.524. The van der Waals surface area contributed by atoms with Crippen molar-refractivity contribution in [3.63, 3.8) is 0 Å². The van der Waals surface area contributed by atoms with Crippen LogP contribution in [0.1, 0.15) is 5.56 Å². The van der Waals surface area contributed by atoms with Gasteiger partial charge in [0, 0.05) is 18.3 Å². The molecular formula is C15H14BrFN2O2. The first kappa shape index (κ1) is 15.3. The van der Waals surface area contributed by atoms with Gasteiger partial charge >= 0.3 is 0 Å². The second-order valence-electron chi connectivity index (χ2n) is 4.38. The molecule has 0 unspecified atom stereocenters. The highest BCUT2D eigenvalue weighted by Crippen LogP contribution is 2.20. The molecule has 6 heteroatoms. The van der Waals surface area contributed by atoms with E-state index in [0.29, 0.717) is 16.8 Å². The Bertz CT molecular complexity index is 649. The molecule has 1 amide bonds. The highest BCUT2D eigenvalue weighted by Gasteiger charge is 2.02. The number of primary amides is 1. The topological polar surface area (TPSA) is 64.4 Å². The Labute approximate surface area is 130 Å². The van der Waals surface area contributed by atoms with E-state index in [9.17, 15) is 9.18 Å². The third kappa shape index (κ3) is 4.75. The number of nitrogens with two attached hydrogens (primary N) is 1. The molecule has 0 aliphatic rings. The van der Waals surface area contributed by atoms with Crippen molar-refractivity contribution in [3.05, 3.63) is 58.3 Å². The summed E-state index contributed by atoms with van der Waals surface area (Å²) in [7, 11) is 0. The summed E-state index contributed by atoms with van der Waals surface area (Å²) in [6.45, 7) is 0.381. The second kappa shape index (κ2) is 7.08. The van der Waals surface area contributed by atoms with Crippen molar-refractivity contribution in [3.8, 4) is 5.75 Å². The molecule has 2 aromatic carbocycles. The first-order valence-corrected chi connectivity index (χ1v) is 7.03. The third-order valence-electron chi connectivity index (χ3n) is 2.70. The van der Waals surface area contributed by atoms with E-state index in [2.05, 4.69) is 21.2 Å². The predicted molar refractivity (Wildman–Crippen MR) is 82.6 cm³/mol. The zero-order valence-corrected chi connectivity index (χ0v) is 12.7. The van der Waals surface area contributed by atoms with Crippen LogP contribution < -0.4 is 15.8 Å². The second-order valence-corrected chi connectivity index (χ2v) is 5.24. The van der Waals surface area contributed by atoms with E-state index in [4.69, 9.17) is 10.5 Å². The summed E-state index contributed by atoms with van der Waals surface area (Å²) in [5, 5.41) is 3.20. The molecule has 0 fully saturated rings. The largest absolute Gasteiger partial charge is 0.484 e. The zero-order valence-electron chi connectivity index (χ0n) is 11.1. The molecule has 0 radical (unpaired) electrons. The average molecular weight is 353 g/mol. The van der Waals surface area contributed by atoms with Gasteiger partial charge in [-0.25, -0.2) is 4.39 Å². The molecule has 3 N–H and O–H groups in total. The lowest BCUT2D eigenvalue weighted by Crippen LogP contribution is -2.20. The summed E-state index contributed by atoms with van der Waals surface area (Å²) < 4.78 is 18.8. The number of benzene rings is 2. The van der Waals surface area contributed by atoms with Crippen LogP contribution in [0.5, 0.6) is 5.75 Å². The van der Waals surface area contributed by atoms with Gasteiger partial charge in [0.2, 0.25) is 0 Å². The summed E-state index contributed by atoms with van der Waals surface area (Å²) in [6.07, 6.45) is 0. The Balaban J connectivity index is 1.97. The van der Waals surface area contributed by atoms with Gasteiger partial charge in [0.1, 0.15) is 11.6 Å². The smallest absolute Gasteiger partial charge is 0.255 e. The summed E-state index contributed by atoms with van der Waals surface area (Å²) in [6, 6.07) is 12.0. The van der Waals surface area contributed by atoms with Gasteiger partial charge < -0.3 is 15.8 Å². The highest BCUT2D eigenvalue weighted by molar-refractivity contribution is 9.10. The molecule has 0 bridgehead atoms. The molecule has 2 rings (SSSR count). The number of halogens is 2. The summed E-state index contributed by atoms with van der Waals surface area (Å²) in [4.78, 5) is 10.7. The number of amides is 1. The maximum atomic E-state index is 13.1. The lowest BCUT2D eigenvalue weighted by atomic mass is 10.2. The van der Waals surface area contributed by atoms with Gasteiger partial charge in [-0.15, -0.1) is 0 Å². The first-order chi connectivity index (χ1) is 10.0. The average Bonchev–Trinajstić information content (AvgIpc) is 2.47. The van der Waals surface area contributed by atoms with Crippen LogP contribution in [-0.4, -0.2) is 12.5 Å².